The maximum absolute atomic E-state index is 12.5. The Morgan fingerprint density at radius 2 is 1.70 bits per heavy atom. The topological polar surface area (TPSA) is 88.6 Å². The van der Waals surface area contributed by atoms with Crippen LogP contribution in [0.1, 0.15) is 23.0 Å². The zero-order valence-electron chi connectivity index (χ0n) is 16.6. The molecular weight excluding hydrogens is 402 g/mol. The van der Waals surface area contributed by atoms with E-state index in [0.717, 1.165) is 0 Å². The number of ether oxygens (including phenoxy) is 1. The van der Waals surface area contributed by atoms with Crippen LogP contribution in [-0.2, 0) is 20.7 Å². The van der Waals surface area contributed by atoms with E-state index >= 15 is 0 Å². The van der Waals surface area contributed by atoms with E-state index in [9.17, 15) is 14.4 Å². The zero-order valence-corrected chi connectivity index (χ0v) is 17.4. The van der Waals surface area contributed by atoms with Crippen molar-refractivity contribution in [2.75, 3.05) is 17.3 Å². The molecule has 8 heteroatoms. The van der Waals surface area contributed by atoms with Gasteiger partial charge in [-0.2, -0.15) is 0 Å². The Hall–Kier alpha value is -3.52. The van der Waals surface area contributed by atoms with Crippen LogP contribution < -0.4 is 10.2 Å². The van der Waals surface area contributed by atoms with Crippen LogP contribution in [0.4, 0.5) is 10.8 Å². The van der Waals surface area contributed by atoms with Gasteiger partial charge in [0.1, 0.15) is 0 Å². The fourth-order valence-electron chi connectivity index (χ4n) is 2.69. The average molecular weight is 423 g/mol. The molecule has 1 aromatic heterocycles. The summed E-state index contributed by atoms with van der Waals surface area (Å²) in [5.74, 6) is -1.17. The second kappa shape index (κ2) is 9.80. The molecule has 0 radical (unpaired) electrons. The van der Waals surface area contributed by atoms with Gasteiger partial charge in [-0.1, -0.05) is 36.4 Å². The van der Waals surface area contributed by atoms with Crippen LogP contribution in [0.25, 0.3) is 0 Å². The first kappa shape index (κ1) is 21.2. The molecule has 1 heterocycles. The van der Waals surface area contributed by atoms with Crippen molar-refractivity contribution in [3.8, 4) is 0 Å². The fraction of sp³-hybridized carbons (Fsp3) is 0.182. The first-order valence-electron chi connectivity index (χ1n) is 9.27. The number of hydrogen-bond acceptors (Lipinski definition) is 6. The number of carbonyl (C=O) groups excluding carboxylic acids is 3. The highest BCUT2D eigenvalue weighted by molar-refractivity contribution is 7.14. The van der Waals surface area contributed by atoms with Crippen LogP contribution in [0.2, 0.25) is 0 Å². The molecule has 1 N–H and O–H groups in total. The van der Waals surface area contributed by atoms with E-state index in [-0.39, 0.29) is 18.2 Å². The molecule has 0 aliphatic rings. The monoisotopic (exact) mass is 423 g/mol. The zero-order chi connectivity index (χ0) is 21.5. The fourth-order valence-corrected chi connectivity index (χ4v) is 3.40. The third-order valence-corrected chi connectivity index (χ3v) is 5.07. The molecule has 3 aromatic rings. The number of aromatic nitrogens is 1. The summed E-state index contributed by atoms with van der Waals surface area (Å²) in [5, 5.41) is 4.76. The SMILES string of the molecule is C[C@@H](OC(=O)Cc1csc(NC(=O)c2ccccc2)n1)C(=O)N(C)c1ccccc1. The normalized spacial score (nSPS) is 11.4. The molecule has 0 unspecified atom stereocenters. The van der Waals surface area contributed by atoms with Gasteiger partial charge in [0, 0.05) is 23.7 Å². The van der Waals surface area contributed by atoms with Crippen LogP contribution >= 0.6 is 11.3 Å². The molecule has 0 aliphatic heterocycles. The number of likely N-dealkylation sites (N-methyl/N-ethyl adjacent to an activating group) is 1. The molecule has 0 saturated carbocycles. The first-order valence-corrected chi connectivity index (χ1v) is 10.1. The number of anilines is 2. The molecule has 0 fully saturated rings. The number of amides is 2. The van der Waals surface area contributed by atoms with Gasteiger partial charge in [0.15, 0.2) is 11.2 Å². The smallest absolute Gasteiger partial charge is 0.312 e. The van der Waals surface area contributed by atoms with E-state index in [1.165, 1.54) is 23.2 Å². The van der Waals surface area contributed by atoms with Gasteiger partial charge in [-0.15, -0.1) is 11.3 Å². The molecule has 0 spiro atoms. The Kier molecular flexibility index (Phi) is 6.92. The van der Waals surface area contributed by atoms with E-state index < -0.39 is 12.1 Å². The highest BCUT2D eigenvalue weighted by Crippen LogP contribution is 2.18. The predicted octanol–water partition coefficient (Wildman–Crippen LogP) is 3.53. The average Bonchev–Trinajstić information content (AvgIpc) is 3.20. The Morgan fingerprint density at radius 1 is 1.07 bits per heavy atom. The summed E-state index contributed by atoms with van der Waals surface area (Å²) in [6.07, 6.45) is -1.02. The minimum absolute atomic E-state index is 0.0929. The lowest BCUT2D eigenvalue weighted by molar-refractivity contribution is -0.153. The second-order valence-corrected chi connectivity index (χ2v) is 7.36. The lowest BCUT2D eigenvalue weighted by Crippen LogP contribution is -2.37. The highest BCUT2D eigenvalue weighted by atomic mass is 32.1. The number of para-hydroxylation sites is 1. The lowest BCUT2D eigenvalue weighted by Gasteiger charge is -2.21. The molecule has 154 valence electrons. The quantitative estimate of drug-likeness (QED) is 0.587. The molecular formula is C22H21N3O4S. The summed E-state index contributed by atoms with van der Waals surface area (Å²) in [7, 11) is 1.63. The number of hydrogen-bond donors (Lipinski definition) is 1. The van der Waals surface area contributed by atoms with E-state index in [4.69, 9.17) is 4.74 Å². The number of carbonyl (C=O) groups is 3. The summed E-state index contributed by atoms with van der Waals surface area (Å²) < 4.78 is 5.27. The van der Waals surface area contributed by atoms with Crippen LogP contribution in [0.3, 0.4) is 0 Å². The standard InChI is InChI=1S/C22H21N3O4S/c1-15(21(28)25(2)18-11-7-4-8-12-18)29-19(26)13-17-14-30-22(23-17)24-20(27)16-9-5-3-6-10-16/h3-12,14-15H,13H2,1-2H3,(H,23,24,27)/t15-/m1/s1. The number of nitrogens with zero attached hydrogens (tertiary/aromatic N) is 2. The van der Waals surface area contributed by atoms with Crippen molar-refractivity contribution < 1.29 is 19.1 Å². The molecule has 0 saturated heterocycles. The van der Waals surface area contributed by atoms with Crippen molar-refractivity contribution in [1.82, 2.24) is 4.98 Å². The van der Waals surface area contributed by atoms with E-state index in [1.54, 1.807) is 48.8 Å². The van der Waals surface area contributed by atoms with E-state index in [2.05, 4.69) is 10.3 Å². The van der Waals surface area contributed by atoms with Gasteiger partial charge in [-0.3, -0.25) is 19.7 Å². The first-order chi connectivity index (χ1) is 14.4. The minimum atomic E-state index is -0.932. The maximum Gasteiger partial charge on any atom is 0.312 e. The van der Waals surface area contributed by atoms with Gasteiger partial charge in [-0.25, -0.2) is 4.98 Å². The van der Waals surface area contributed by atoms with Crippen molar-refractivity contribution in [3.05, 3.63) is 77.3 Å². The Balaban J connectivity index is 1.52. The maximum atomic E-state index is 12.5. The minimum Gasteiger partial charge on any atom is -0.452 e. The Labute approximate surface area is 178 Å². The molecule has 1 atom stereocenters. The number of esters is 1. The van der Waals surface area contributed by atoms with E-state index in [1.807, 2.05) is 24.3 Å². The van der Waals surface area contributed by atoms with Crippen molar-refractivity contribution in [2.45, 2.75) is 19.4 Å². The molecule has 7 nitrogen and oxygen atoms in total. The van der Waals surface area contributed by atoms with Gasteiger partial charge in [0.2, 0.25) is 0 Å². The summed E-state index contributed by atoms with van der Waals surface area (Å²) >= 11 is 1.22. The number of nitrogens with one attached hydrogen (secondary N) is 1. The van der Waals surface area contributed by atoms with Crippen molar-refractivity contribution in [2.24, 2.45) is 0 Å². The van der Waals surface area contributed by atoms with Gasteiger partial charge < -0.3 is 9.64 Å². The summed E-state index contributed by atoms with van der Waals surface area (Å²) in [6.45, 7) is 1.53. The Bertz CT molecular complexity index is 1020. The third-order valence-electron chi connectivity index (χ3n) is 4.26. The van der Waals surface area contributed by atoms with Gasteiger partial charge >= 0.3 is 5.97 Å². The van der Waals surface area contributed by atoms with E-state index in [0.29, 0.717) is 22.1 Å². The molecule has 30 heavy (non-hydrogen) atoms. The second-order valence-electron chi connectivity index (χ2n) is 6.51. The summed E-state index contributed by atoms with van der Waals surface area (Å²) in [6, 6.07) is 17.9. The number of rotatable bonds is 7. The van der Waals surface area contributed by atoms with Crippen LogP contribution in [0.5, 0.6) is 0 Å². The lowest BCUT2D eigenvalue weighted by atomic mass is 10.2. The molecule has 0 bridgehead atoms. The largest absolute Gasteiger partial charge is 0.452 e. The van der Waals surface area contributed by atoms with Crippen molar-refractivity contribution in [3.63, 3.8) is 0 Å². The molecule has 3 rings (SSSR count). The molecule has 2 amide bonds. The van der Waals surface area contributed by atoms with Gasteiger partial charge in [-0.05, 0) is 31.2 Å². The Morgan fingerprint density at radius 3 is 2.37 bits per heavy atom. The van der Waals surface area contributed by atoms with Crippen molar-refractivity contribution in [1.29, 1.82) is 0 Å². The predicted molar refractivity (Wildman–Crippen MR) is 116 cm³/mol. The van der Waals surface area contributed by atoms with Crippen LogP contribution in [0, 0.1) is 0 Å². The van der Waals surface area contributed by atoms with Crippen molar-refractivity contribution >= 4 is 39.9 Å². The van der Waals surface area contributed by atoms with Crippen LogP contribution in [-0.4, -0.2) is 35.9 Å². The van der Waals surface area contributed by atoms with Gasteiger partial charge in [0.25, 0.3) is 11.8 Å². The number of benzene rings is 2. The summed E-state index contributed by atoms with van der Waals surface area (Å²) in [5.41, 5.74) is 1.69. The van der Waals surface area contributed by atoms with Crippen LogP contribution in [0.15, 0.2) is 66.0 Å². The number of thiazole rings is 1. The van der Waals surface area contributed by atoms with Gasteiger partial charge in [0.05, 0.1) is 12.1 Å². The third kappa shape index (κ3) is 5.51. The highest BCUT2D eigenvalue weighted by Gasteiger charge is 2.23. The summed E-state index contributed by atoms with van der Waals surface area (Å²) in [4.78, 5) is 42.6. The molecule has 0 aliphatic carbocycles. The molecule has 2 aromatic carbocycles.